The van der Waals surface area contributed by atoms with Gasteiger partial charge in [-0.2, -0.15) is 0 Å². The summed E-state index contributed by atoms with van der Waals surface area (Å²) in [6.07, 6.45) is 0.928. The van der Waals surface area contributed by atoms with Crippen LogP contribution in [-0.4, -0.2) is 25.0 Å². The van der Waals surface area contributed by atoms with E-state index in [0.29, 0.717) is 4.88 Å². The summed E-state index contributed by atoms with van der Waals surface area (Å²) in [5, 5.41) is 3.58. The number of benzene rings is 1. The van der Waals surface area contributed by atoms with E-state index < -0.39 is 0 Å². The lowest BCUT2D eigenvalue weighted by atomic mass is 10.1. The molecule has 0 radical (unpaired) electrons. The highest BCUT2D eigenvalue weighted by atomic mass is 32.1. The molecule has 2 aromatic rings. The topological polar surface area (TPSA) is 71.2 Å². The average Bonchev–Trinajstić information content (AvgIpc) is 2.81. The van der Waals surface area contributed by atoms with Crippen LogP contribution in [0.1, 0.15) is 22.2 Å². The van der Waals surface area contributed by atoms with Crippen molar-refractivity contribution in [3.8, 4) is 0 Å². The number of carbonyl (C=O) groups is 1. The van der Waals surface area contributed by atoms with Crippen molar-refractivity contribution in [1.82, 2.24) is 4.98 Å². The Balaban J connectivity index is 2.19. The molecule has 2 rings (SSSR count). The maximum atomic E-state index is 12.2. The zero-order chi connectivity index (χ0) is 14.7. The molecule has 5 nitrogen and oxygen atoms in total. The monoisotopic (exact) mass is 290 g/mol. The first-order chi connectivity index (χ1) is 9.51. The van der Waals surface area contributed by atoms with Crippen molar-refractivity contribution in [1.29, 1.82) is 0 Å². The first-order valence-electron chi connectivity index (χ1n) is 6.35. The third-order valence-corrected chi connectivity index (χ3v) is 4.06. The lowest BCUT2D eigenvalue weighted by molar-refractivity contribution is 0.103. The molecule has 1 aromatic heterocycles. The number of aromatic nitrogens is 1. The second-order valence-corrected chi connectivity index (χ2v) is 5.59. The number of nitrogens with one attached hydrogen (secondary N) is 1. The average molecular weight is 290 g/mol. The second-order valence-electron chi connectivity index (χ2n) is 4.61. The van der Waals surface area contributed by atoms with Crippen molar-refractivity contribution in [3.05, 3.63) is 34.7 Å². The van der Waals surface area contributed by atoms with Gasteiger partial charge >= 0.3 is 0 Å². The van der Waals surface area contributed by atoms with E-state index >= 15 is 0 Å². The molecule has 0 bridgehead atoms. The van der Waals surface area contributed by atoms with E-state index in [1.165, 1.54) is 16.9 Å². The maximum Gasteiger partial charge on any atom is 0.269 e. The summed E-state index contributed by atoms with van der Waals surface area (Å²) in [7, 11) is 3.73. The van der Waals surface area contributed by atoms with Gasteiger partial charge in [0.2, 0.25) is 0 Å². The number of hydrogen-bond acceptors (Lipinski definition) is 5. The number of nitrogens with two attached hydrogens (primary N) is 1. The van der Waals surface area contributed by atoms with Gasteiger partial charge in [-0.1, -0.05) is 30.4 Å². The Morgan fingerprint density at radius 1 is 1.45 bits per heavy atom. The highest BCUT2D eigenvalue weighted by molar-refractivity contribution is 7.18. The van der Waals surface area contributed by atoms with Crippen molar-refractivity contribution < 1.29 is 4.79 Å². The van der Waals surface area contributed by atoms with Crippen molar-refractivity contribution in [2.24, 2.45) is 0 Å². The Bertz CT molecular complexity index is 621. The number of carbonyl (C=O) groups excluding carboxylic acids is 1. The smallest absolute Gasteiger partial charge is 0.269 e. The van der Waals surface area contributed by atoms with Gasteiger partial charge in [-0.05, 0) is 24.1 Å². The lowest BCUT2D eigenvalue weighted by Crippen LogP contribution is -2.12. The SMILES string of the molecule is CCc1cccc(NC(=O)c2sc(N(C)C)nc2N)c1. The largest absolute Gasteiger partial charge is 0.382 e. The minimum atomic E-state index is -0.221. The molecule has 0 saturated carbocycles. The van der Waals surface area contributed by atoms with E-state index in [-0.39, 0.29) is 11.7 Å². The van der Waals surface area contributed by atoms with E-state index in [1.54, 1.807) is 0 Å². The van der Waals surface area contributed by atoms with Gasteiger partial charge in [-0.3, -0.25) is 4.79 Å². The van der Waals surface area contributed by atoms with Crippen LogP contribution in [0.25, 0.3) is 0 Å². The van der Waals surface area contributed by atoms with Gasteiger partial charge in [0.05, 0.1) is 0 Å². The molecule has 3 N–H and O–H groups in total. The summed E-state index contributed by atoms with van der Waals surface area (Å²) in [5.41, 5.74) is 7.75. The van der Waals surface area contributed by atoms with E-state index in [1.807, 2.05) is 43.3 Å². The summed E-state index contributed by atoms with van der Waals surface area (Å²) in [6, 6.07) is 7.78. The van der Waals surface area contributed by atoms with Gasteiger partial charge < -0.3 is 16.0 Å². The molecule has 0 fully saturated rings. The zero-order valence-corrected chi connectivity index (χ0v) is 12.6. The Kier molecular flexibility index (Phi) is 4.24. The zero-order valence-electron chi connectivity index (χ0n) is 11.8. The van der Waals surface area contributed by atoms with Crippen molar-refractivity contribution >= 4 is 33.9 Å². The summed E-state index contributed by atoms with van der Waals surface area (Å²) in [5.74, 6) is 0.0456. The highest BCUT2D eigenvalue weighted by Gasteiger charge is 2.17. The molecule has 20 heavy (non-hydrogen) atoms. The van der Waals surface area contributed by atoms with E-state index in [0.717, 1.165) is 17.2 Å². The number of anilines is 3. The van der Waals surface area contributed by atoms with Crippen molar-refractivity contribution in [2.75, 3.05) is 30.0 Å². The molecule has 1 amide bonds. The van der Waals surface area contributed by atoms with E-state index in [9.17, 15) is 4.79 Å². The third-order valence-electron chi connectivity index (χ3n) is 2.82. The number of amides is 1. The molecule has 0 aliphatic rings. The summed E-state index contributed by atoms with van der Waals surface area (Å²) < 4.78 is 0. The predicted molar refractivity (Wildman–Crippen MR) is 84.6 cm³/mol. The van der Waals surface area contributed by atoms with Crippen LogP contribution in [0.5, 0.6) is 0 Å². The van der Waals surface area contributed by atoms with Crippen LogP contribution < -0.4 is 16.0 Å². The van der Waals surface area contributed by atoms with Gasteiger partial charge in [0.15, 0.2) is 5.13 Å². The van der Waals surface area contributed by atoms with Crippen LogP contribution in [0.2, 0.25) is 0 Å². The van der Waals surface area contributed by atoms with Gasteiger partial charge in [-0.15, -0.1) is 0 Å². The molecule has 106 valence electrons. The Labute approximate surface area is 122 Å². The van der Waals surface area contributed by atoms with E-state index in [2.05, 4.69) is 17.2 Å². The van der Waals surface area contributed by atoms with Crippen LogP contribution in [0.15, 0.2) is 24.3 Å². The summed E-state index contributed by atoms with van der Waals surface area (Å²) >= 11 is 1.28. The molecule has 0 aliphatic carbocycles. The number of thiazole rings is 1. The van der Waals surface area contributed by atoms with Crippen molar-refractivity contribution in [3.63, 3.8) is 0 Å². The first-order valence-corrected chi connectivity index (χ1v) is 7.16. The molecular formula is C14H18N4OS. The Hall–Kier alpha value is -2.08. The molecule has 0 atom stereocenters. The molecule has 1 aromatic carbocycles. The minimum absolute atomic E-state index is 0.221. The molecular weight excluding hydrogens is 272 g/mol. The van der Waals surface area contributed by atoms with Crippen LogP contribution in [0, 0.1) is 0 Å². The first kappa shape index (κ1) is 14.3. The third kappa shape index (κ3) is 3.08. The Morgan fingerprint density at radius 3 is 2.80 bits per heavy atom. The number of nitrogen functional groups attached to an aromatic ring is 1. The minimum Gasteiger partial charge on any atom is -0.382 e. The molecule has 0 unspecified atom stereocenters. The number of hydrogen-bond donors (Lipinski definition) is 2. The van der Waals surface area contributed by atoms with Gasteiger partial charge in [0.1, 0.15) is 10.7 Å². The van der Waals surface area contributed by atoms with Crippen LogP contribution >= 0.6 is 11.3 Å². The second kappa shape index (κ2) is 5.92. The molecule has 6 heteroatoms. The fourth-order valence-corrected chi connectivity index (χ4v) is 2.53. The predicted octanol–water partition coefficient (Wildman–Crippen LogP) is 2.61. The van der Waals surface area contributed by atoms with Crippen molar-refractivity contribution in [2.45, 2.75) is 13.3 Å². The van der Waals surface area contributed by atoms with Gasteiger partial charge in [0, 0.05) is 19.8 Å². The van der Waals surface area contributed by atoms with Gasteiger partial charge in [-0.25, -0.2) is 4.98 Å². The summed E-state index contributed by atoms with van der Waals surface area (Å²) in [6.45, 7) is 2.07. The lowest BCUT2D eigenvalue weighted by Gasteiger charge is -2.06. The molecule has 0 spiro atoms. The summed E-state index contributed by atoms with van der Waals surface area (Å²) in [4.78, 5) is 18.7. The standard InChI is InChI=1S/C14H18N4OS/c1-4-9-6-5-7-10(8-9)16-13(19)11-12(15)17-14(20-11)18(2)3/h5-8H,4,15H2,1-3H3,(H,16,19). The fourth-order valence-electron chi connectivity index (χ4n) is 1.73. The normalized spacial score (nSPS) is 10.3. The number of rotatable bonds is 4. The van der Waals surface area contributed by atoms with Crippen LogP contribution in [0.4, 0.5) is 16.6 Å². The van der Waals surface area contributed by atoms with Crippen LogP contribution in [-0.2, 0) is 6.42 Å². The van der Waals surface area contributed by atoms with E-state index in [4.69, 9.17) is 5.73 Å². The number of aryl methyl sites for hydroxylation is 1. The quantitative estimate of drug-likeness (QED) is 0.908. The van der Waals surface area contributed by atoms with Crippen LogP contribution in [0.3, 0.4) is 0 Å². The molecule has 1 heterocycles. The fraction of sp³-hybridized carbons (Fsp3) is 0.286. The van der Waals surface area contributed by atoms with Gasteiger partial charge in [0.25, 0.3) is 5.91 Å². The highest BCUT2D eigenvalue weighted by Crippen LogP contribution is 2.27. The maximum absolute atomic E-state index is 12.2. The number of nitrogens with zero attached hydrogens (tertiary/aromatic N) is 2. The Morgan fingerprint density at radius 2 is 2.20 bits per heavy atom. The molecule has 0 saturated heterocycles. The molecule has 0 aliphatic heterocycles.